The number of aryl methyl sites for hydroxylation is 1. The summed E-state index contributed by atoms with van der Waals surface area (Å²) < 4.78 is 27.6. The van der Waals surface area contributed by atoms with Crippen LogP contribution in [0.25, 0.3) is 0 Å². The summed E-state index contributed by atoms with van der Waals surface area (Å²) in [7, 11) is 0. The number of amides is 4. The first-order valence-electron chi connectivity index (χ1n) is 25.1. The molecule has 4 amide bonds. The Morgan fingerprint density at radius 2 is 0.878 bits per heavy atom. The average molecular weight is 1040 g/mol. The van der Waals surface area contributed by atoms with Gasteiger partial charge in [0.2, 0.25) is 5.91 Å². The fraction of sp³-hybridized carbons (Fsp3) is 0.630. The minimum Gasteiger partial charge on any atom is -0.459 e. The Morgan fingerprint density at radius 3 is 1.28 bits per heavy atom. The highest BCUT2D eigenvalue weighted by Crippen LogP contribution is 2.14. The molecule has 0 aliphatic heterocycles. The Balaban J connectivity index is 2.25. The van der Waals surface area contributed by atoms with Gasteiger partial charge >= 0.3 is 30.0 Å². The first-order valence-corrected chi connectivity index (χ1v) is 25.1. The smallest absolute Gasteiger partial charge is 0.408 e. The Labute approximate surface area is 438 Å². The number of ether oxygens (including phenoxy) is 5. The maximum absolute atomic E-state index is 13.7. The molecule has 0 heterocycles. The largest absolute Gasteiger partial charge is 0.459 e. The number of nitrogens with one attached hydrogen (secondary N) is 4. The van der Waals surface area contributed by atoms with Crippen molar-refractivity contribution in [3.63, 3.8) is 0 Å². The van der Waals surface area contributed by atoms with E-state index in [1.807, 2.05) is 30.3 Å². The van der Waals surface area contributed by atoms with Crippen LogP contribution in [-0.2, 0) is 65.4 Å². The van der Waals surface area contributed by atoms with Crippen molar-refractivity contribution in [1.82, 2.24) is 36.2 Å². The van der Waals surface area contributed by atoms with Crippen LogP contribution in [0.4, 0.5) is 4.79 Å². The van der Waals surface area contributed by atoms with Gasteiger partial charge in [0.1, 0.15) is 34.0 Å². The lowest BCUT2D eigenvalue weighted by molar-refractivity contribution is -0.162. The number of esters is 4. The van der Waals surface area contributed by atoms with Gasteiger partial charge in [-0.15, -0.1) is 0 Å². The van der Waals surface area contributed by atoms with Gasteiger partial charge in [-0.3, -0.25) is 59.1 Å². The van der Waals surface area contributed by atoms with Crippen molar-refractivity contribution in [3.05, 3.63) is 71.3 Å². The lowest BCUT2D eigenvalue weighted by Crippen LogP contribution is -2.53. The van der Waals surface area contributed by atoms with E-state index < -0.39 is 81.7 Å². The maximum Gasteiger partial charge on any atom is 0.408 e. The molecule has 2 aromatic rings. The second kappa shape index (κ2) is 29.1. The number of alkyl carbamates (subject to hydrolysis) is 1. The number of hydrogen-bond acceptors (Lipinski definition) is 16. The van der Waals surface area contributed by atoms with Gasteiger partial charge in [-0.25, -0.2) is 4.79 Å². The molecule has 414 valence electrons. The summed E-state index contributed by atoms with van der Waals surface area (Å²) in [6, 6.07) is 15.0. The summed E-state index contributed by atoms with van der Waals surface area (Å²) in [5.74, 6) is -3.91. The van der Waals surface area contributed by atoms with Crippen LogP contribution in [0.2, 0.25) is 0 Å². The van der Waals surface area contributed by atoms with Gasteiger partial charge in [0, 0.05) is 38.3 Å². The Morgan fingerprint density at radius 1 is 0.473 bits per heavy atom. The van der Waals surface area contributed by atoms with Crippen LogP contribution in [0.15, 0.2) is 54.6 Å². The van der Waals surface area contributed by atoms with Crippen LogP contribution in [0.3, 0.4) is 0 Å². The molecule has 0 spiro atoms. The van der Waals surface area contributed by atoms with Crippen molar-refractivity contribution >= 4 is 47.7 Å². The fourth-order valence-electron chi connectivity index (χ4n) is 6.87. The quantitative estimate of drug-likeness (QED) is 0.0564. The molecule has 4 N–H and O–H groups in total. The second-order valence-electron chi connectivity index (χ2n) is 23.0. The van der Waals surface area contributed by atoms with Gasteiger partial charge in [-0.1, -0.05) is 42.5 Å². The minimum atomic E-state index is -1.00. The average Bonchev–Trinajstić information content (AvgIpc) is 3.22. The normalized spacial score (nSPS) is 12.6. The lowest BCUT2D eigenvalue weighted by Gasteiger charge is -2.30. The topological polar surface area (TPSA) is 241 Å². The SMILES string of the molecule is CC(C)(C)OC(=O)CN(CCN(CCN(CC(=O)OC(C)(C)C)CC(=O)OC(C)(C)C)CC(=O)NCc1ccc(C(=O)NNC(=O)[C@@H](CCCc2ccccc2)NC(=O)OC(C)(C)C)cc1)CC(=O)OC(C)(C)C. The molecule has 0 saturated carbocycles. The molecule has 0 radical (unpaired) electrons. The molecule has 74 heavy (non-hydrogen) atoms. The summed E-state index contributed by atoms with van der Waals surface area (Å²) in [5.41, 5.74) is 2.80. The molecule has 0 aromatic heterocycles. The van der Waals surface area contributed by atoms with E-state index in [-0.39, 0.29) is 77.4 Å². The first-order chi connectivity index (χ1) is 34.0. The molecule has 0 fully saturated rings. The number of benzene rings is 2. The molecule has 20 nitrogen and oxygen atoms in total. The van der Waals surface area contributed by atoms with E-state index in [2.05, 4.69) is 21.5 Å². The third-order valence-electron chi connectivity index (χ3n) is 9.74. The highest BCUT2D eigenvalue weighted by atomic mass is 16.6. The Bertz CT molecular complexity index is 2020. The van der Waals surface area contributed by atoms with Crippen molar-refractivity contribution in [2.24, 2.45) is 0 Å². The monoisotopic (exact) mass is 1040 g/mol. The second-order valence-corrected chi connectivity index (χ2v) is 23.0. The third kappa shape index (κ3) is 30.8. The maximum atomic E-state index is 13.7. The van der Waals surface area contributed by atoms with Crippen LogP contribution in [0.1, 0.15) is 138 Å². The number of rotatable bonds is 25. The molecular formula is C54H85N7O13. The molecule has 20 heteroatoms. The molecule has 0 aliphatic rings. The van der Waals surface area contributed by atoms with Gasteiger partial charge in [-0.05, 0) is 146 Å². The molecule has 0 saturated heterocycles. The summed E-state index contributed by atoms with van der Waals surface area (Å²) in [5, 5.41) is 5.50. The molecular weight excluding hydrogens is 955 g/mol. The minimum absolute atomic E-state index is 0.0686. The zero-order valence-corrected chi connectivity index (χ0v) is 46.6. The van der Waals surface area contributed by atoms with E-state index in [1.54, 1.807) is 131 Å². The Hall–Kier alpha value is -6.12. The van der Waals surface area contributed by atoms with Gasteiger partial charge in [-0.2, -0.15) is 0 Å². The van der Waals surface area contributed by atoms with Crippen LogP contribution < -0.4 is 21.5 Å². The lowest BCUT2D eigenvalue weighted by atomic mass is 10.0. The van der Waals surface area contributed by atoms with Gasteiger partial charge < -0.3 is 34.3 Å². The van der Waals surface area contributed by atoms with Crippen molar-refractivity contribution in [2.45, 2.75) is 164 Å². The standard InChI is InChI=1S/C54H85N7O13/c1-50(2,3)70-43(63)34-60(35-44(64)71-51(4,5)6)30-28-59(29-31-61(36-45(65)72-52(7,8)9)37-46(66)73-53(10,11)12)33-42(62)55-32-39-24-26-40(27-25-39)47(67)57-58-48(68)41(56-49(69)74-54(13,14)15)23-19-22-38-20-17-16-18-21-38/h16-18,20-21,24-27,41H,19,22-23,28-37H2,1-15H3,(H,55,62)(H,56,69)(H,57,67)(H,58,68)/t41-/m1/s1. The highest BCUT2D eigenvalue weighted by molar-refractivity contribution is 5.96. The molecule has 2 rings (SSSR count). The number of carbonyl (C=O) groups excluding carboxylic acids is 8. The molecule has 1 atom stereocenters. The fourth-order valence-corrected chi connectivity index (χ4v) is 6.87. The first kappa shape index (κ1) is 64.0. The van der Waals surface area contributed by atoms with Crippen LogP contribution in [0.5, 0.6) is 0 Å². The zero-order chi connectivity index (χ0) is 56.1. The summed E-state index contributed by atoms with van der Waals surface area (Å²) in [6.07, 6.45) is 0.735. The van der Waals surface area contributed by atoms with E-state index in [0.29, 0.717) is 18.4 Å². The van der Waals surface area contributed by atoms with Crippen LogP contribution >= 0.6 is 0 Å². The van der Waals surface area contributed by atoms with Crippen molar-refractivity contribution < 1.29 is 62.0 Å². The van der Waals surface area contributed by atoms with E-state index >= 15 is 0 Å². The zero-order valence-electron chi connectivity index (χ0n) is 46.6. The summed E-state index contributed by atoms with van der Waals surface area (Å²) in [6.45, 7) is 25.4. The van der Waals surface area contributed by atoms with Gasteiger partial charge in [0.15, 0.2) is 0 Å². The van der Waals surface area contributed by atoms with Gasteiger partial charge in [0.25, 0.3) is 11.8 Å². The Kier molecular flexibility index (Phi) is 25.2. The van der Waals surface area contributed by atoms with Crippen molar-refractivity contribution in [2.75, 3.05) is 58.9 Å². The number of nitrogens with zero attached hydrogens (tertiary/aromatic N) is 3. The molecule has 0 aliphatic carbocycles. The molecule has 0 unspecified atom stereocenters. The number of hydrazine groups is 1. The van der Waals surface area contributed by atoms with Gasteiger partial charge in [0.05, 0.1) is 32.7 Å². The predicted octanol–water partition coefficient (Wildman–Crippen LogP) is 5.25. The number of hydrogen-bond donors (Lipinski definition) is 4. The highest BCUT2D eigenvalue weighted by Gasteiger charge is 2.28. The van der Waals surface area contributed by atoms with Crippen LogP contribution in [-0.4, -0.2) is 155 Å². The molecule has 0 bridgehead atoms. The van der Waals surface area contributed by atoms with E-state index in [1.165, 1.54) is 12.1 Å². The van der Waals surface area contributed by atoms with E-state index in [0.717, 1.165) is 5.56 Å². The number of carbonyl (C=O) groups is 8. The predicted molar refractivity (Wildman–Crippen MR) is 279 cm³/mol. The van der Waals surface area contributed by atoms with E-state index in [9.17, 15) is 38.4 Å². The summed E-state index contributed by atoms with van der Waals surface area (Å²) >= 11 is 0. The third-order valence-corrected chi connectivity index (χ3v) is 9.74. The van der Waals surface area contributed by atoms with Crippen molar-refractivity contribution in [1.29, 1.82) is 0 Å². The van der Waals surface area contributed by atoms with Crippen LogP contribution in [0, 0.1) is 0 Å². The van der Waals surface area contributed by atoms with E-state index in [4.69, 9.17) is 23.7 Å². The van der Waals surface area contributed by atoms with Crippen molar-refractivity contribution in [3.8, 4) is 0 Å². The summed E-state index contributed by atoms with van der Waals surface area (Å²) in [4.78, 5) is 110. The molecule has 2 aromatic carbocycles.